The maximum atomic E-state index is 12.5. The number of hydrogen-bond acceptors (Lipinski definition) is 4. The molecule has 2 heterocycles. The van der Waals surface area contributed by atoms with Crippen LogP contribution in [0.3, 0.4) is 0 Å². The molecule has 1 aromatic carbocycles. The molecule has 0 amide bonds. The van der Waals surface area contributed by atoms with Crippen molar-refractivity contribution in [3.05, 3.63) is 58.5 Å². The molecule has 1 N–H and O–H groups in total. The summed E-state index contributed by atoms with van der Waals surface area (Å²) in [6.07, 6.45) is -1.24. The van der Waals surface area contributed by atoms with Crippen molar-refractivity contribution in [2.45, 2.75) is 19.6 Å². The Morgan fingerprint density at radius 3 is 2.70 bits per heavy atom. The van der Waals surface area contributed by atoms with Gasteiger partial charge in [0.1, 0.15) is 17.0 Å². The third-order valence-corrected chi connectivity index (χ3v) is 3.55. The van der Waals surface area contributed by atoms with Crippen LogP contribution in [0, 0.1) is 6.92 Å². The van der Waals surface area contributed by atoms with Crippen LogP contribution in [0.2, 0.25) is 5.15 Å². The van der Waals surface area contributed by atoms with E-state index < -0.39 is 12.7 Å². The molecule has 0 spiro atoms. The zero-order valence-electron chi connectivity index (χ0n) is 11.9. The Hall–Kier alpha value is -2.25. The van der Waals surface area contributed by atoms with Gasteiger partial charge in [0, 0.05) is 5.56 Å². The molecule has 0 aliphatic rings. The summed E-state index contributed by atoms with van der Waals surface area (Å²) in [5.74, 6) is -0.105. The fourth-order valence-electron chi connectivity index (χ4n) is 2.41. The highest BCUT2D eigenvalue weighted by atomic mass is 35.5. The van der Waals surface area contributed by atoms with E-state index in [1.54, 1.807) is 31.2 Å². The first-order valence-corrected chi connectivity index (χ1v) is 7.08. The van der Waals surface area contributed by atoms with Gasteiger partial charge in [0.05, 0.1) is 11.4 Å². The van der Waals surface area contributed by atoms with E-state index in [1.807, 2.05) is 0 Å². The largest absolute Gasteiger partial charge is 0.434 e. The molecule has 0 bridgehead atoms. The highest BCUT2D eigenvalue weighted by Crippen LogP contribution is 2.32. The van der Waals surface area contributed by atoms with Gasteiger partial charge in [0.25, 0.3) is 0 Å². The summed E-state index contributed by atoms with van der Waals surface area (Å²) in [5, 5.41) is 15.0. The summed E-state index contributed by atoms with van der Waals surface area (Å²) in [4.78, 5) is 4.28. The van der Waals surface area contributed by atoms with E-state index in [0.29, 0.717) is 17.0 Å². The van der Waals surface area contributed by atoms with E-state index in [0.717, 1.165) is 0 Å². The van der Waals surface area contributed by atoms with Crippen LogP contribution in [0.25, 0.3) is 5.65 Å². The lowest BCUT2D eigenvalue weighted by atomic mass is 10.0. The molecule has 0 radical (unpaired) electrons. The third-order valence-electron chi connectivity index (χ3n) is 3.35. The van der Waals surface area contributed by atoms with Gasteiger partial charge in [-0.05, 0) is 25.1 Å². The van der Waals surface area contributed by atoms with Crippen LogP contribution in [-0.4, -0.2) is 26.3 Å². The molecule has 3 rings (SSSR count). The van der Waals surface area contributed by atoms with E-state index in [9.17, 15) is 13.9 Å². The first-order valence-electron chi connectivity index (χ1n) is 6.71. The van der Waals surface area contributed by atoms with Gasteiger partial charge >= 0.3 is 6.61 Å². The topological polar surface area (TPSA) is 59.7 Å². The Labute approximate surface area is 135 Å². The second-order valence-electron chi connectivity index (χ2n) is 4.83. The molecular formula is C15H12ClF2N3O2. The van der Waals surface area contributed by atoms with Crippen molar-refractivity contribution >= 4 is 17.2 Å². The summed E-state index contributed by atoms with van der Waals surface area (Å²) >= 11 is 5.89. The molecule has 120 valence electrons. The lowest BCUT2D eigenvalue weighted by Gasteiger charge is -2.16. The van der Waals surface area contributed by atoms with E-state index in [4.69, 9.17) is 11.6 Å². The van der Waals surface area contributed by atoms with Gasteiger partial charge in [-0.15, -0.1) is 0 Å². The van der Waals surface area contributed by atoms with Gasteiger partial charge in [0.15, 0.2) is 5.65 Å². The van der Waals surface area contributed by atoms with E-state index in [2.05, 4.69) is 14.8 Å². The van der Waals surface area contributed by atoms with Crippen molar-refractivity contribution in [1.29, 1.82) is 0 Å². The quantitative estimate of drug-likeness (QED) is 0.791. The van der Waals surface area contributed by atoms with Crippen LogP contribution < -0.4 is 4.74 Å². The third kappa shape index (κ3) is 2.97. The van der Waals surface area contributed by atoms with Crippen LogP contribution in [0.4, 0.5) is 8.78 Å². The van der Waals surface area contributed by atoms with Gasteiger partial charge in [-0.25, -0.2) is 9.50 Å². The molecule has 1 unspecified atom stereocenters. The van der Waals surface area contributed by atoms with Gasteiger partial charge in [-0.3, -0.25) is 0 Å². The van der Waals surface area contributed by atoms with Crippen molar-refractivity contribution in [1.82, 2.24) is 14.6 Å². The van der Waals surface area contributed by atoms with Gasteiger partial charge in [-0.1, -0.05) is 29.8 Å². The number of fused-ring (bicyclic) bond motifs is 1. The Bertz CT molecular complexity index is 854. The summed E-state index contributed by atoms with van der Waals surface area (Å²) in [7, 11) is 0. The summed E-state index contributed by atoms with van der Waals surface area (Å²) in [6, 6.07) is 9.27. The number of benzene rings is 1. The number of aliphatic hydroxyl groups excluding tert-OH is 1. The molecule has 0 saturated heterocycles. The molecular weight excluding hydrogens is 328 g/mol. The van der Waals surface area contributed by atoms with Gasteiger partial charge < -0.3 is 9.84 Å². The minimum absolute atomic E-state index is 0.105. The smallest absolute Gasteiger partial charge is 0.387 e. The lowest BCUT2D eigenvalue weighted by molar-refractivity contribution is -0.0513. The number of ether oxygens (including phenoxy) is 1. The molecule has 8 heteroatoms. The Morgan fingerprint density at radius 1 is 1.22 bits per heavy atom. The number of imidazole rings is 1. The molecule has 2 aromatic heterocycles. The number of aliphatic hydroxyl groups is 1. The van der Waals surface area contributed by atoms with Crippen LogP contribution in [0.15, 0.2) is 36.4 Å². The average Bonchev–Trinajstić information content (AvgIpc) is 2.81. The Morgan fingerprint density at radius 2 is 1.96 bits per heavy atom. The zero-order chi connectivity index (χ0) is 16.6. The molecule has 0 aliphatic heterocycles. The number of nitrogens with zero attached hydrogens (tertiary/aromatic N) is 3. The van der Waals surface area contributed by atoms with Crippen molar-refractivity contribution in [2.24, 2.45) is 0 Å². The fraction of sp³-hybridized carbons (Fsp3) is 0.200. The summed E-state index contributed by atoms with van der Waals surface area (Å²) < 4.78 is 30.9. The SMILES string of the molecule is Cc1nc2ccc(Cl)nn2c1C(O)c1ccccc1OC(F)F. The Balaban J connectivity index is 2.13. The van der Waals surface area contributed by atoms with Crippen LogP contribution in [0.1, 0.15) is 23.1 Å². The molecule has 3 aromatic rings. The maximum Gasteiger partial charge on any atom is 0.387 e. The number of halogens is 3. The summed E-state index contributed by atoms with van der Waals surface area (Å²) in [6.45, 7) is -1.29. The lowest BCUT2D eigenvalue weighted by Crippen LogP contribution is -2.11. The fourth-order valence-corrected chi connectivity index (χ4v) is 2.55. The maximum absolute atomic E-state index is 12.5. The minimum Gasteiger partial charge on any atom is -0.434 e. The number of alkyl halides is 2. The van der Waals surface area contributed by atoms with E-state index in [-0.39, 0.29) is 16.5 Å². The Kier molecular flexibility index (Phi) is 4.14. The van der Waals surface area contributed by atoms with Crippen LogP contribution in [0.5, 0.6) is 5.75 Å². The highest BCUT2D eigenvalue weighted by Gasteiger charge is 2.24. The number of para-hydroxylation sites is 1. The molecule has 23 heavy (non-hydrogen) atoms. The number of hydrogen-bond donors (Lipinski definition) is 1. The minimum atomic E-state index is -2.99. The molecule has 1 atom stereocenters. The standard InChI is InChI=1S/C15H12ClF2N3O2/c1-8-13(21-12(19-8)7-6-11(16)20-21)14(22)9-4-2-3-5-10(9)23-15(17)18/h2-7,14-15,22H,1H3. The second-order valence-corrected chi connectivity index (χ2v) is 5.21. The number of aryl methyl sites for hydroxylation is 1. The molecule has 0 fully saturated rings. The van der Waals surface area contributed by atoms with Gasteiger partial charge in [0.2, 0.25) is 0 Å². The molecule has 0 saturated carbocycles. The van der Waals surface area contributed by atoms with Crippen molar-refractivity contribution < 1.29 is 18.6 Å². The van der Waals surface area contributed by atoms with Crippen molar-refractivity contribution in [3.8, 4) is 5.75 Å². The summed E-state index contributed by atoms with van der Waals surface area (Å²) in [5.41, 5.74) is 1.54. The molecule has 0 aliphatic carbocycles. The number of aromatic nitrogens is 3. The average molecular weight is 340 g/mol. The second kappa shape index (κ2) is 6.10. The van der Waals surface area contributed by atoms with E-state index >= 15 is 0 Å². The first kappa shape index (κ1) is 15.6. The van der Waals surface area contributed by atoms with Crippen LogP contribution >= 0.6 is 11.6 Å². The van der Waals surface area contributed by atoms with Crippen molar-refractivity contribution in [3.63, 3.8) is 0 Å². The zero-order valence-corrected chi connectivity index (χ0v) is 12.7. The van der Waals surface area contributed by atoms with Gasteiger partial charge in [-0.2, -0.15) is 13.9 Å². The predicted molar refractivity (Wildman–Crippen MR) is 79.9 cm³/mol. The van der Waals surface area contributed by atoms with Crippen molar-refractivity contribution in [2.75, 3.05) is 0 Å². The molecule has 5 nitrogen and oxygen atoms in total. The van der Waals surface area contributed by atoms with E-state index in [1.165, 1.54) is 16.6 Å². The number of rotatable bonds is 4. The first-order chi connectivity index (χ1) is 11.0. The predicted octanol–water partition coefficient (Wildman–Crippen LogP) is 3.37. The monoisotopic (exact) mass is 339 g/mol. The van der Waals surface area contributed by atoms with Crippen LogP contribution in [-0.2, 0) is 0 Å². The normalized spacial score (nSPS) is 12.8. The highest BCUT2D eigenvalue weighted by molar-refractivity contribution is 6.29.